The number of nitrogens with one attached hydrogen (secondary N) is 1. The molecule has 0 saturated carbocycles. The molecule has 1 saturated heterocycles. The predicted molar refractivity (Wildman–Crippen MR) is 88.3 cm³/mol. The highest BCUT2D eigenvalue weighted by Gasteiger charge is 2.25. The van der Waals surface area contributed by atoms with Crippen molar-refractivity contribution < 1.29 is 4.79 Å². The van der Waals surface area contributed by atoms with E-state index in [4.69, 9.17) is 5.73 Å². The van der Waals surface area contributed by atoms with E-state index in [9.17, 15) is 4.79 Å². The molecule has 0 spiro atoms. The summed E-state index contributed by atoms with van der Waals surface area (Å²) in [5.74, 6) is 0.599. The molecule has 1 aliphatic heterocycles. The maximum atomic E-state index is 11.0. The van der Waals surface area contributed by atoms with Gasteiger partial charge in [-0.1, -0.05) is 13.0 Å². The number of rotatable bonds is 7. The van der Waals surface area contributed by atoms with Crippen molar-refractivity contribution in [3.63, 3.8) is 0 Å². The van der Waals surface area contributed by atoms with Gasteiger partial charge in [-0.3, -0.25) is 9.69 Å². The van der Waals surface area contributed by atoms with E-state index in [-0.39, 0.29) is 11.9 Å². The molecule has 21 heavy (non-hydrogen) atoms. The third-order valence-electron chi connectivity index (χ3n) is 4.30. The number of amides is 1. The Morgan fingerprint density at radius 2 is 2.24 bits per heavy atom. The first-order valence-electron chi connectivity index (χ1n) is 7.85. The zero-order valence-corrected chi connectivity index (χ0v) is 13.9. The Hall–Kier alpha value is -0.910. The topological polar surface area (TPSA) is 58.4 Å². The largest absolute Gasteiger partial charge is 0.370 e. The van der Waals surface area contributed by atoms with Crippen LogP contribution in [0.3, 0.4) is 0 Å². The summed E-state index contributed by atoms with van der Waals surface area (Å²) in [7, 11) is 0. The molecule has 1 aromatic rings. The average Bonchev–Trinajstić information content (AvgIpc) is 2.94. The van der Waals surface area contributed by atoms with Crippen molar-refractivity contribution in [2.45, 2.75) is 45.2 Å². The van der Waals surface area contributed by atoms with E-state index in [1.54, 1.807) is 0 Å². The van der Waals surface area contributed by atoms with Crippen molar-refractivity contribution >= 4 is 17.2 Å². The molecule has 0 aliphatic carbocycles. The maximum absolute atomic E-state index is 11.0. The van der Waals surface area contributed by atoms with E-state index in [1.807, 2.05) is 18.3 Å². The van der Waals surface area contributed by atoms with E-state index in [0.29, 0.717) is 12.5 Å². The van der Waals surface area contributed by atoms with Gasteiger partial charge in [0.2, 0.25) is 5.91 Å². The second-order valence-electron chi connectivity index (χ2n) is 6.23. The molecule has 1 fully saturated rings. The van der Waals surface area contributed by atoms with Crippen LogP contribution in [-0.2, 0) is 4.79 Å². The van der Waals surface area contributed by atoms with Gasteiger partial charge in [-0.2, -0.15) is 0 Å². The van der Waals surface area contributed by atoms with E-state index < -0.39 is 0 Å². The number of carbonyl (C=O) groups is 1. The van der Waals surface area contributed by atoms with Crippen molar-refractivity contribution in [3.8, 4) is 0 Å². The second-order valence-corrected chi connectivity index (χ2v) is 7.21. The highest BCUT2D eigenvalue weighted by atomic mass is 32.1. The summed E-state index contributed by atoms with van der Waals surface area (Å²) in [5.41, 5.74) is 5.27. The molecule has 0 unspecified atom stereocenters. The Labute approximate surface area is 131 Å². The lowest BCUT2D eigenvalue weighted by Gasteiger charge is -2.37. The Bertz CT molecular complexity index is 427. The molecule has 1 amide bonds. The lowest BCUT2D eigenvalue weighted by atomic mass is 9.97. The molecule has 0 bridgehead atoms. The van der Waals surface area contributed by atoms with Gasteiger partial charge in [-0.25, -0.2) is 0 Å². The molecule has 1 aromatic heterocycles. The molecule has 118 valence electrons. The van der Waals surface area contributed by atoms with Gasteiger partial charge < -0.3 is 11.1 Å². The summed E-state index contributed by atoms with van der Waals surface area (Å²) in [4.78, 5) is 15.0. The summed E-state index contributed by atoms with van der Waals surface area (Å²) in [6.07, 6.45) is 2.95. The number of primary amides is 1. The minimum Gasteiger partial charge on any atom is -0.370 e. The number of likely N-dealkylation sites (tertiary alicyclic amines) is 1. The van der Waals surface area contributed by atoms with Crippen molar-refractivity contribution in [1.29, 1.82) is 0 Å². The fourth-order valence-electron chi connectivity index (χ4n) is 2.92. The highest BCUT2D eigenvalue weighted by molar-refractivity contribution is 7.10. The van der Waals surface area contributed by atoms with Crippen LogP contribution in [0.25, 0.3) is 0 Å². The van der Waals surface area contributed by atoms with Gasteiger partial charge in [0.15, 0.2) is 0 Å². The average molecular weight is 309 g/mol. The maximum Gasteiger partial charge on any atom is 0.218 e. The van der Waals surface area contributed by atoms with E-state index >= 15 is 0 Å². The molecule has 2 atom stereocenters. The van der Waals surface area contributed by atoms with E-state index in [2.05, 4.69) is 34.7 Å². The normalized spacial score (nSPS) is 20.3. The zero-order valence-electron chi connectivity index (χ0n) is 13.0. The van der Waals surface area contributed by atoms with Crippen LogP contribution in [0.1, 0.15) is 44.0 Å². The van der Waals surface area contributed by atoms with Crippen LogP contribution in [0.5, 0.6) is 0 Å². The molecule has 3 N–H and O–H groups in total. The van der Waals surface area contributed by atoms with Crippen LogP contribution in [0, 0.1) is 5.92 Å². The molecule has 0 radical (unpaired) electrons. The van der Waals surface area contributed by atoms with Crippen LogP contribution < -0.4 is 11.1 Å². The lowest BCUT2D eigenvalue weighted by molar-refractivity contribution is -0.118. The molecular formula is C16H27N3OS. The Morgan fingerprint density at radius 1 is 1.52 bits per heavy atom. The van der Waals surface area contributed by atoms with Crippen molar-refractivity contribution in [3.05, 3.63) is 22.4 Å². The third kappa shape index (κ3) is 5.09. The Balaban J connectivity index is 1.95. The first-order chi connectivity index (χ1) is 10.1. The lowest BCUT2D eigenvalue weighted by Crippen LogP contribution is -2.42. The highest BCUT2D eigenvalue weighted by Crippen LogP contribution is 2.29. The fourth-order valence-corrected chi connectivity index (χ4v) is 3.78. The number of hydrogen-bond acceptors (Lipinski definition) is 4. The third-order valence-corrected chi connectivity index (χ3v) is 5.27. The van der Waals surface area contributed by atoms with Gasteiger partial charge in [0.25, 0.3) is 0 Å². The molecular weight excluding hydrogens is 282 g/mol. The van der Waals surface area contributed by atoms with Crippen LogP contribution in [0.4, 0.5) is 0 Å². The van der Waals surface area contributed by atoms with Crippen molar-refractivity contribution in [1.82, 2.24) is 10.2 Å². The standard InChI is InChI=1S/C16H27N3OS/c1-12-5-7-19(8-6-12)14(15-4-3-9-21-15)11-18-13(2)10-16(17)20/h3-4,9,12-14,18H,5-8,10-11H2,1-2H3,(H2,17,20)/t13-,14-/m1/s1. The fraction of sp³-hybridized carbons (Fsp3) is 0.688. The first kappa shape index (κ1) is 16.5. The van der Waals surface area contributed by atoms with E-state index in [0.717, 1.165) is 25.6 Å². The van der Waals surface area contributed by atoms with Crippen LogP contribution in [0.15, 0.2) is 17.5 Å². The van der Waals surface area contributed by atoms with Crippen molar-refractivity contribution in [2.24, 2.45) is 11.7 Å². The number of thiophene rings is 1. The molecule has 2 heterocycles. The SMILES string of the molecule is CC1CCN([C@H](CN[C@H](C)CC(N)=O)c2cccs2)CC1. The van der Waals surface area contributed by atoms with Crippen LogP contribution in [0.2, 0.25) is 0 Å². The van der Waals surface area contributed by atoms with Crippen molar-refractivity contribution in [2.75, 3.05) is 19.6 Å². The monoisotopic (exact) mass is 309 g/mol. The summed E-state index contributed by atoms with van der Waals surface area (Å²) in [6.45, 7) is 7.56. The van der Waals surface area contributed by atoms with Gasteiger partial charge in [0.1, 0.15) is 0 Å². The van der Waals surface area contributed by atoms with Crippen LogP contribution >= 0.6 is 11.3 Å². The number of piperidine rings is 1. The molecule has 0 aromatic carbocycles. The Kier molecular flexibility index (Phi) is 6.21. The molecule has 2 rings (SSSR count). The second kappa shape index (κ2) is 7.92. The Morgan fingerprint density at radius 3 is 2.81 bits per heavy atom. The number of nitrogens with zero attached hydrogens (tertiary/aromatic N) is 1. The first-order valence-corrected chi connectivity index (χ1v) is 8.73. The number of nitrogens with two attached hydrogens (primary N) is 1. The molecule has 4 nitrogen and oxygen atoms in total. The summed E-state index contributed by atoms with van der Waals surface area (Å²) in [5, 5.41) is 5.62. The van der Waals surface area contributed by atoms with Gasteiger partial charge in [0, 0.05) is 23.9 Å². The zero-order chi connectivity index (χ0) is 15.2. The predicted octanol–water partition coefficient (Wildman–Crippen LogP) is 2.37. The summed E-state index contributed by atoms with van der Waals surface area (Å²) in [6, 6.07) is 4.88. The van der Waals surface area contributed by atoms with Gasteiger partial charge in [-0.05, 0) is 50.2 Å². The number of hydrogen-bond donors (Lipinski definition) is 2. The minimum atomic E-state index is -0.241. The van der Waals surface area contributed by atoms with Gasteiger partial charge >= 0.3 is 0 Å². The number of carbonyl (C=O) groups excluding carboxylic acids is 1. The minimum absolute atomic E-state index is 0.133. The smallest absolute Gasteiger partial charge is 0.218 e. The molecule has 5 heteroatoms. The molecule has 1 aliphatic rings. The summed E-state index contributed by atoms with van der Waals surface area (Å²) >= 11 is 1.82. The summed E-state index contributed by atoms with van der Waals surface area (Å²) < 4.78 is 0. The quantitative estimate of drug-likeness (QED) is 0.813. The van der Waals surface area contributed by atoms with E-state index in [1.165, 1.54) is 17.7 Å². The van der Waals surface area contributed by atoms with Gasteiger partial charge in [0.05, 0.1) is 6.04 Å². The van der Waals surface area contributed by atoms with Crippen LogP contribution in [-0.4, -0.2) is 36.5 Å². The van der Waals surface area contributed by atoms with Gasteiger partial charge in [-0.15, -0.1) is 11.3 Å².